The van der Waals surface area contributed by atoms with Crippen LogP contribution < -0.4 is 11.1 Å². The Morgan fingerprint density at radius 1 is 1.42 bits per heavy atom. The molecule has 1 unspecified atom stereocenters. The number of amides is 1. The summed E-state index contributed by atoms with van der Waals surface area (Å²) in [7, 11) is 1.81. The van der Waals surface area contributed by atoms with Crippen LogP contribution in [-0.4, -0.2) is 27.2 Å². The van der Waals surface area contributed by atoms with Gasteiger partial charge in [0.1, 0.15) is 12.4 Å². The van der Waals surface area contributed by atoms with Crippen molar-refractivity contribution >= 4 is 5.91 Å². The van der Waals surface area contributed by atoms with Crippen LogP contribution >= 0.6 is 0 Å². The maximum Gasteiger partial charge on any atom is 0.241 e. The molecule has 0 radical (unpaired) electrons. The quantitative estimate of drug-likeness (QED) is 0.801. The molecule has 6 heteroatoms. The molecule has 1 amide bonds. The summed E-state index contributed by atoms with van der Waals surface area (Å²) in [5.41, 5.74) is 6.68. The molecule has 100 valence electrons. The normalized spacial score (nSPS) is 12.1. The molecule has 0 bridgehead atoms. The maximum atomic E-state index is 11.9. The van der Waals surface area contributed by atoms with Crippen molar-refractivity contribution in [3.8, 4) is 0 Å². The number of carbonyl (C=O) groups is 1. The predicted octanol–water partition coefficient (Wildman–Crippen LogP) is 0.174. The van der Waals surface area contributed by atoms with Gasteiger partial charge in [-0.15, -0.1) is 0 Å². The number of nitrogens with one attached hydrogen (secondary N) is 1. The zero-order valence-electron chi connectivity index (χ0n) is 10.8. The Bertz CT molecular complexity index is 537. The molecule has 2 aromatic rings. The van der Waals surface area contributed by atoms with Crippen molar-refractivity contribution in [3.63, 3.8) is 0 Å². The van der Waals surface area contributed by atoms with Gasteiger partial charge in [-0.3, -0.25) is 9.48 Å². The highest BCUT2D eigenvalue weighted by Gasteiger charge is 2.14. The van der Waals surface area contributed by atoms with Gasteiger partial charge in [-0.25, -0.2) is 4.98 Å². The summed E-state index contributed by atoms with van der Waals surface area (Å²) in [6.07, 6.45) is 2.22. The second-order valence-corrected chi connectivity index (χ2v) is 4.26. The lowest BCUT2D eigenvalue weighted by Gasteiger charge is -2.11. The Morgan fingerprint density at radius 3 is 2.79 bits per heavy atom. The van der Waals surface area contributed by atoms with Crippen LogP contribution in [0, 0.1) is 0 Å². The van der Waals surface area contributed by atoms with Crippen molar-refractivity contribution in [2.75, 3.05) is 6.54 Å². The van der Waals surface area contributed by atoms with Crippen LogP contribution in [0.4, 0.5) is 0 Å². The number of aryl methyl sites for hydroxylation is 1. The molecule has 1 aromatic carbocycles. The van der Waals surface area contributed by atoms with E-state index in [0.29, 0.717) is 18.8 Å². The van der Waals surface area contributed by atoms with Gasteiger partial charge < -0.3 is 11.1 Å². The van der Waals surface area contributed by atoms with Crippen molar-refractivity contribution in [1.82, 2.24) is 20.1 Å². The first kappa shape index (κ1) is 13.2. The van der Waals surface area contributed by atoms with E-state index in [0.717, 1.165) is 5.56 Å². The summed E-state index contributed by atoms with van der Waals surface area (Å²) in [4.78, 5) is 15.9. The van der Waals surface area contributed by atoms with Crippen molar-refractivity contribution in [1.29, 1.82) is 0 Å². The summed E-state index contributed by atoms with van der Waals surface area (Å²) in [6.45, 7) is 0.476. The molecule has 3 N–H and O–H groups in total. The van der Waals surface area contributed by atoms with Crippen molar-refractivity contribution < 1.29 is 4.79 Å². The molecule has 6 nitrogen and oxygen atoms in total. The SMILES string of the molecule is Cn1cnc(CCNC(=O)C(N)c2ccccc2)n1. The van der Waals surface area contributed by atoms with E-state index in [1.54, 1.807) is 18.1 Å². The van der Waals surface area contributed by atoms with Crippen molar-refractivity contribution in [3.05, 3.63) is 48.0 Å². The van der Waals surface area contributed by atoms with Crippen LogP contribution in [0.15, 0.2) is 36.7 Å². The highest BCUT2D eigenvalue weighted by molar-refractivity contribution is 5.82. The molecule has 0 aliphatic heterocycles. The van der Waals surface area contributed by atoms with Crippen molar-refractivity contribution in [2.45, 2.75) is 12.5 Å². The van der Waals surface area contributed by atoms with E-state index in [2.05, 4.69) is 15.4 Å². The number of nitrogens with zero attached hydrogens (tertiary/aromatic N) is 3. The Labute approximate surface area is 111 Å². The molecule has 1 atom stereocenters. The van der Waals surface area contributed by atoms with Crippen molar-refractivity contribution in [2.24, 2.45) is 12.8 Å². The lowest BCUT2D eigenvalue weighted by Crippen LogP contribution is -2.35. The first-order chi connectivity index (χ1) is 9.16. The Kier molecular flexibility index (Phi) is 4.25. The smallest absolute Gasteiger partial charge is 0.241 e. The minimum atomic E-state index is -0.641. The molecule has 1 heterocycles. The van der Waals surface area contributed by atoms with E-state index in [1.807, 2.05) is 30.3 Å². The molecule has 0 saturated heterocycles. The Hall–Kier alpha value is -2.21. The van der Waals surface area contributed by atoms with E-state index in [9.17, 15) is 4.79 Å². The fourth-order valence-corrected chi connectivity index (χ4v) is 1.72. The van der Waals surface area contributed by atoms with Gasteiger partial charge in [-0.05, 0) is 5.56 Å². The Balaban J connectivity index is 1.81. The van der Waals surface area contributed by atoms with Crippen LogP contribution in [-0.2, 0) is 18.3 Å². The maximum absolute atomic E-state index is 11.9. The average molecular weight is 259 g/mol. The third-order valence-electron chi connectivity index (χ3n) is 2.74. The fraction of sp³-hybridized carbons (Fsp3) is 0.308. The molecular formula is C13H17N5O. The topological polar surface area (TPSA) is 85.8 Å². The minimum Gasteiger partial charge on any atom is -0.354 e. The first-order valence-corrected chi connectivity index (χ1v) is 6.09. The molecule has 19 heavy (non-hydrogen) atoms. The summed E-state index contributed by atoms with van der Waals surface area (Å²) < 4.78 is 1.63. The number of aromatic nitrogens is 3. The lowest BCUT2D eigenvalue weighted by molar-refractivity contribution is -0.122. The summed E-state index contributed by atoms with van der Waals surface area (Å²) in [6, 6.07) is 8.65. The minimum absolute atomic E-state index is 0.192. The highest BCUT2D eigenvalue weighted by atomic mass is 16.2. The molecule has 0 aliphatic carbocycles. The first-order valence-electron chi connectivity index (χ1n) is 6.09. The fourth-order valence-electron chi connectivity index (χ4n) is 1.72. The second kappa shape index (κ2) is 6.10. The molecule has 0 saturated carbocycles. The van der Waals surface area contributed by atoms with Gasteiger partial charge in [0.05, 0.1) is 0 Å². The van der Waals surface area contributed by atoms with Crippen LogP contribution in [0.3, 0.4) is 0 Å². The monoisotopic (exact) mass is 259 g/mol. The van der Waals surface area contributed by atoms with Gasteiger partial charge in [0.2, 0.25) is 5.91 Å². The molecule has 1 aromatic heterocycles. The van der Waals surface area contributed by atoms with E-state index in [4.69, 9.17) is 5.73 Å². The zero-order valence-corrected chi connectivity index (χ0v) is 10.8. The van der Waals surface area contributed by atoms with Gasteiger partial charge >= 0.3 is 0 Å². The van der Waals surface area contributed by atoms with Gasteiger partial charge in [0.15, 0.2) is 5.82 Å². The van der Waals surface area contributed by atoms with E-state index in [-0.39, 0.29) is 5.91 Å². The Morgan fingerprint density at radius 2 is 2.16 bits per heavy atom. The third kappa shape index (κ3) is 3.62. The standard InChI is InChI=1S/C13H17N5O/c1-18-9-16-11(17-18)7-8-15-13(19)12(14)10-5-3-2-4-6-10/h2-6,9,12H,7-8,14H2,1H3,(H,15,19). The molecule has 2 rings (SSSR count). The van der Waals surface area contributed by atoms with Gasteiger partial charge in [-0.2, -0.15) is 5.10 Å². The number of hydrogen-bond donors (Lipinski definition) is 2. The van der Waals surface area contributed by atoms with E-state index < -0.39 is 6.04 Å². The lowest BCUT2D eigenvalue weighted by atomic mass is 10.1. The number of hydrogen-bond acceptors (Lipinski definition) is 4. The largest absolute Gasteiger partial charge is 0.354 e. The van der Waals surface area contributed by atoms with Gasteiger partial charge in [0, 0.05) is 20.0 Å². The number of carbonyl (C=O) groups excluding carboxylic acids is 1. The van der Waals surface area contributed by atoms with Crippen LogP contribution in [0.1, 0.15) is 17.4 Å². The average Bonchev–Trinajstić information content (AvgIpc) is 2.84. The van der Waals surface area contributed by atoms with Crippen LogP contribution in [0.2, 0.25) is 0 Å². The van der Waals surface area contributed by atoms with Crippen LogP contribution in [0.5, 0.6) is 0 Å². The highest BCUT2D eigenvalue weighted by Crippen LogP contribution is 2.08. The zero-order chi connectivity index (χ0) is 13.7. The molecular weight excluding hydrogens is 242 g/mol. The predicted molar refractivity (Wildman–Crippen MR) is 71.1 cm³/mol. The molecule has 0 aliphatic rings. The number of benzene rings is 1. The third-order valence-corrected chi connectivity index (χ3v) is 2.74. The molecule has 0 spiro atoms. The summed E-state index contributed by atoms with van der Waals surface area (Å²) >= 11 is 0. The number of nitrogens with two attached hydrogens (primary N) is 1. The second-order valence-electron chi connectivity index (χ2n) is 4.26. The summed E-state index contributed by atoms with van der Waals surface area (Å²) in [5.74, 6) is 0.512. The molecule has 0 fully saturated rings. The van der Waals surface area contributed by atoms with Gasteiger partial charge in [-0.1, -0.05) is 30.3 Å². The van der Waals surface area contributed by atoms with E-state index >= 15 is 0 Å². The van der Waals surface area contributed by atoms with Crippen LogP contribution in [0.25, 0.3) is 0 Å². The number of rotatable bonds is 5. The van der Waals surface area contributed by atoms with Gasteiger partial charge in [0.25, 0.3) is 0 Å². The summed E-state index contributed by atoms with van der Waals surface area (Å²) in [5, 5.41) is 6.92. The van der Waals surface area contributed by atoms with E-state index in [1.165, 1.54) is 0 Å².